The van der Waals surface area contributed by atoms with Crippen LogP contribution in [0.15, 0.2) is 54.7 Å². The van der Waals surface area contributed by atoms with E-state index in [1.54, 1.807) is 12.1 Å². The second-order valence-corrected chi connectivity index (χ2v) is 4.67. The third-order valence-electron chi connectivity index (χ3n) is 3.53. The second-order valence-electron chi connectivity index (χ2n) is 4.67. The lowest BCUT2D eigenvalue weighted by atomic mass is 9.91. The average Bonchev–Trinajstić information content (AvgIpc) is 2.86. The van der Waals surface area contributed by atoms with Crippen molar-refractivity contribution in [1.82, 2.24) is 4.98 Å². The van der Waals surface area contributed by atoms with Gasteiger partial charge in [0.1, 0.15) is 5.75 Å². The molecular weight excluding hydrogens is 236 g/mol. The van der Waals surface area contributed by atoms with E-state index in [2.05, 4.69) is 17.1 Å². The third-order valence-corrected chi connectivity index (χ3v) is 3.53. The molecule has 3 aromatic rings. The molecule has 1 heterocycles. The van der Waals surface area contributed by atoms with Crippen LogP contribution in [0.2, 0.25) is 0 Å². The van der Waals surface area contributed by atoms with Gasteiger partial charge in [0.15, 0.2) is 0 Å². The minimum absolute atomic E-state index is 0.136. The van der Waals surface area contributed by atoms with Gasteiger partial charge in [0, 0.05) is 29.6 Å². The lowest BCUT2D eigenvalue weighted by molar-refractivity contribution is 0.475. The molecule has 0 aliphatic heterocycles. The number of aromatic nitrogens is 1. The number of phenols is 1. The molecule has 1 aromatic heterocycles. The molecule has 3 heteroatoms. The van der Waals surface area contributed by atoms with Crippen LogP contribution in [0.4, 0.5) is 0 Å². The average molecular weight is 252 g/mol. The molecule has 3 nitrogen and oxygen atoms in total. The summed E-state index contributed by atoms with van der Waals surface area (Å²) in [5.41, 5.74) is 9.38. The molecule has 0 aliphatic carbocycles. The highest BCUT2D eigenvalue weighted by molar-refractivity contribution is 5.84. The lowest BCUT2D eigenvalue weighted by Gasteiger charge is -2.14. The normalized spacial score (nSPS) is 12.7. The first kappa shape index (κ1) is 11.8. The third kappa shape index (κ3) is 2.09. The van der Waals surface area contributed by atoms with Crippen LogP contribution in [-0.4, -0.2) is 16.6 Å². The summed E-state index contributed by atoms with van der Waals surface area (Å²) in [4.78, 5) is 3.28. The summed E-state index contributed by atoms with van der Waals surface area (Å²) in [6.45, 7) is 0.534. The standard InChI is InChI=1S/C16H16N2O/c17-9-14(11-5-7-12(19)8-6-11)15-10-18-16-4-2-1-3-13(15)16/h1-8,10,14,18-19H,9,17H2. The van der Waals surface area contributed by atoms with Crippen LogP contribution in [0.5, 0.6) is 5.75 Å². The summed E-state index contributed by atoms with van der Waals surface area (Å²) in [5.74, 6) is 0.412. The fourth-order valence-corrected chi connectivity index (χ4v) is 2.53. The highest BCUT2D eigenvalue weighted by atomic mass is 16.3. The highest BCUT2D eigenvalue weighted by Crippen LogP contribution is 2.30. The Bertz CT molecular complexity index is 685. The quantitative estimate of drug-likeness (QED) is 0.671. The molecule has 0 saturated carbocycles. The first-order valence-corrected chi connectivity index (χ1v) is 6.34. The molecule has 19 heavy (non-hydrogen) atoms. The lowest BCUT2D eigenvalue weighted by Crippen LogP contribution is -2.13. The van der Waals surface area contributed by atoms with Gasteiger partial charge in [-0.1, -0.05) is 30.3 Å². The van der Waals surface area contributed by atoms with Gasteiger partial charge in [-0.2, -0.15) is 0 Å². The van der Waals surface area contributed by atoms with Crippen molar-refractivity contribution in [3.63, 3.8) is 0 Å². The topological polar surface area (TPSA) is 62.0 Å². The number of nitrogens with two attached hydrogens (primary N) is 1. The maximum absolute atomic E-state index is 9.38. The number of H-pyrrole nitrogens is 1. The number of fused-ring (bicyclic) bond motifs is 1. The molecule has 2 aromatic carbocycles. The zero-order chi connectivity index (χ0) is 13.2. The van der Waals surface area contributed by atoms with Gasteiger partial charge in [-0.25, -0.2) is 0 Å². The van der Waals surface area contributed by atoms with E-state index in [0.29, 0.717) is 6.54 Å². The Labute approximate surface area is 111 Å². The number of aromatic amines is 1. The largest absolute Gasteiger partial charge is 0.508 e. The van der Waals surface area contributed by atoms with Gasteiger partial charge in [0.25, 0.3) is 0 Å². The molecule has 1 unspecified atom stereocenters. The van der Waals surface area contributed by atoms with Crippen molar-refractivity contribution < 1.29 is 5.11 Å². The SMILES string of the molecule is NCC(c1ccc(O)cc1)c1c[nH]c2ccccc12. The molecule has 0 amide bonds. The van der Waals surface area contributed by atoms with Gasteiger partial charge in [-0.15, -0.1) is 0 Å². The molecule has 0 aliphatic rings. The van der Waals surface area contributed by atoms with Crippen molar-refractivity contribution in [3.8, 4) is 5.75 Å². The molecule has 4 N–H and O–H groups in total. The van der Waals surface area contributed by atoms with Crippen molar-refractivity contribution >= 4 is 10.9 Å². The predicted molar refractivity (Wildman–Crippen MR) is 77.3 cm³/mol. The zero-order valence-corrected chi connectivity index (χ0v) is 10.5. The van der Waals surface area contributed by atoms with E-state index in [1.165, 1.54) is 10.9 Å². The van der Waals surface area contributed by atoms with Crippen LogP contribution < -0.4 is 5.73 Å². The number of hydrogen-bond donors (Lipinski definition) is 3. The minimum atomic E-state index is 0.136. The first-order chi connectivity index (χ1) is 9.29. The van der Waals surface area contributed by atoms with Crippen molar-refractivity contribution in [2.45, 2.75) is 5.92 Å². The Balaban J connectivity index is 2.09. The van der Waals surface area contributed by atoms with E-state index in [1.807, 2.05) is 30.5 Å². The summed E-state index contributed by atoms with van der Waals surface area (Å²) in [7, 11) is 0. The Kier molecular flexibility index (Phi) is 2.97. The summed E-state index contributed by atoms with van der Waals surface area (Å²) in [5, 5.41) is 10.6. The Morgan fingerprint density at radius 3 is 2.53 bits per heavy atom. The number of benzene rings is 2. The van der Waals surface area contributed by atoms with E-state index >= 15 is 0 Å². The summed E-state index contributed by atoms with van der Waals surface area (Å²) >= 11 is 0. The smallest absolute Gasteiger partial charge is 0.115 e. The van der Waals surface area contributed by atoms with Crippen molar-refractivity contribution in [2.75, 3.05) is 6.54 Å². The number of para-hydroxylation sites is 1. The number of rotatable bonds is 3. The van der Waals surface area contributed by atoms with Crippen molar-refractivity contribution in [3.05, 3.63) is 65.9 Å². The molecule has 0 bridgehead atoms. The minimum Gasteiger partial charge on any atom is -0.508 e. The van der Waals surface area contributed by atoms with E-state index in [4.69, 9.17) is 5.73 Å². The highest BCUT2D eigenvalue weighted by Gasteiger charge is 2.16. The van der Waals surface area contributed by atoms with Gasteiger partial charge < -0.3 is 15.8 Å². The zero-order valence-electron chi connectivity index (χ0n) is 10.5. The van der Waals surface area contributed by atoms with Gasteiger partial charge in [-0.3, -0.25) is 0 Å². The van der Waals surface area contributed by atoms with Crippen LogP contribution in [0.25, 0.3) is 10.9 Å². The van der Waals surface area contributed by atoms with Crippen molar-refractivity contribution in [1.29, 1.82) is 0 Å². The second kappa shape index (κ2) is 4.78. The molecule has 0 fully saturated rings. The monoisotopic (exact) mass is 252 g/mol. The number of aromatic hydroxyl groups is 1. The summed E-state index contributed by atoms with van der Waals surface area (Å²) in [6, 6.07) is 15.5. The van der Waals surface area contributed by atoms with Crippen molar-refractivity contribution in [2.24, 2.45) is 5.73 Å². The van der Waals surface area contributed by atoms with E-state index in [-0.39, 0.29) is 11.7 Å². The number of phenolic OH excluding ortho intramolecular Hbond substituents is 1. The summed E-state index contributed by atoms with van der Waals surface area (Å²) in [6.07, 6.45) is 2.02. The molecular formula is C16H16N2O. The van der Waals surface area contributed by atoms with Crippen LogP contribution in [-0.2, 0) is 0 Å². The van der Waals surface area contributed by atoms with Crippen LogP contribution in [0.3, 0.4) is 0 Å². The Hall–Kier alpha value is -2.26. The fourth-order valence-electron chi connectivity index (χ4n) is 2.53. The van der Waals surface area contributed by atoms with Gasteiger partial charge in [0.05, 0.1) is 0 Å². The summed E-state index contributed by atoms with van der Waals surface area (Å²) < 4.78 is 0. The molecule has 96 valence electrons. The fraction of sp³-hybridized carbons (Fsp3) is 0.125. The Morgan fingerprint density at radius 2 is 1.79 bits per heavy atom. The van der Waals surface area contributed by atoms with Crippen LogP contribution >= 0.6 is 0 Å². The van der Waals surface area contributed by atoms with E-state index in [0.717, 1.165) is 11.1 Å². The van der Waals surface area contributed by atoms with Crippen LogP contribution in [0, 0.1) is 0 Å². The first-order valence-electron chi connectivity index (χ1n) is 6.34. The molecule has 0 radical (unpaired) electrons. The Morgan fingerprint density at radius 1 is 1.05 bits per heavy atom. The predicted octanol–water partition coefficient (Wildman–Crippen LogP) is 2.96. The van der Waals surface area contributed by atoms with Gasteiger partial charge in [0.2, 0.25) is 0 Å². The maximum Gasteiger partial charge on any atom is 0.115 e. The molecule has 1 atom stereocenters. The maximum atomic E-state index is 9.38. The van der Waals surface area contributed by atoms with E-state index < -0.39 is 0 Å². The van der Waals surface area contributed by atoms with Gasteiger partial charge >= 0.3 is 0 Å². The molecule has 0 spiro atoms. The number of hydrogen-bond acceptors (Lipinski definition) is 2. The number of nitrogens with one attached hydrogen (secondary N) is 1. The molecule has 0 saturated heterocycles. The van der Waals surface area contributed by atoms with Crippen LogP contribution in [0.1, 0.15) is 17.0 Å². The molecule has 3 rings (SSSR count). The van der Waals surface area contributed by atoms with Gasteiger partial charge in [-0.05, 0) is 29.3 Å². The van der Waals surface area contributed by atoms with E-state index in [9.17, 15) is 5.11 Å².